The van der Waals surface area contributed by atoms with Gasteiger partial charge in [-0.15, -0.1) is 11.3 Å². The SMILES string of the molecule is O=C1CC(c2cc(Cc3ncc[nH]3)cs2)C=NN1. The summed E-state index contributed by atoms with van der Waals surface area (Å²) in [5.41, 5.74) is 3.66. The molecule has 0 fully saturated rings. The van der Waals surface area contributed by atoms with Gasteiger partial charge in [-0.05, 0) is 17.0 Å². The maximum Gasteiger partial charge on any atom is 0.241 e. The van der Waals surface area contributed by atoms with Crippen LogP contribution in [0.25, 0.3) is 0 Å². The number of H-pyrrole nitrogens is 1. The standard InChI is InChI=1S/C12H12N4OS/c17-12-5-9(6-15-16-12)10-3-8(7-18-10)4-11-13-1-2-14-11/h1-3,6-7,9H,4-5H2,(H,13,14)(H,16,17). The molecule has 3 rings (SSSR count). The van der Waals surface area contributed by atoms with Gasteiger partial charge in [-0.1, -0.05) is 0 Å². The minimum absolute atomic E-state index is 0.0246. The molecule has 1 unspecified atom stereocenters. The molecule has 3 heterocycles. The quantitative estimate of drug-likeness (QED) is 0.881. The molecule has 1 atom stereocenters. The minimum Gasteiger partial charge on any atom is -0.348 e. The molecule has 1 amide bonds. The highest BCUT2D eigenvalue weighted by molar-refractivity contribution is 7.10. The van der Waals surface area contributed by atoms with Crippen LogP contribution in [0.4, 0.5) is 0 Å². The van der Waals surface area contributed by atoms with Gasteiger partial charge in [0.2, 0.25) is 5.91 Å². The van der Waals surface area contributed by atoms with E-state index < -0.39 is 0 Å². The number of carbonyl (C=O) groups excluding carboxylic acids is 1. The summed E-state index contributed by atoms with van der Waals surface area (Å²) in [6.07, 6.45) is 6.63. The third-order valence-electron chi connectivity index (χ3n) is 2.81. The molecule has 0 radical (unpaired) electrons. The summed E-state index contributed by atoms with van der Waals surface area (Å²) < 4.78 is 0. The Morgan fingerprint density at radius 2 is 2.44 bits per heavy atom. The predicted molar refractivity (Wildman–Crippen MR) is 69.7 cm³/mol. The number of imidazole rings is 1. The molecule has 92 valence electrons. The lowest BCUT2D eigenvalue weighted by atomic mass is 10.0. The molecule has 0 saturated heterocycles. The Kier molecular flexibility index (Phi) is 2.93. The van der Waals surface area contributed by atoms with Crippen LogP contribution < -0.4 is 5.43 Å². The van der Waals surface area contributed by atoms with Crippen molar-refractivity contribution in [3.63, 3.8) is 0 Å². The van der Waals surface area contributed by atoms with Crippen LogP contribution >= 0.6 is 11.3 Å². The average molecular weight is 260 g/mol. The first-order valence-electron chi connectivity index (χ1n) is 5.69. The van der Waals surface area contributed by atoms with E-state index in [-0.39, 0.29) is 11.8 Å². The normalized spacial score (nSPS) is 18.9. The second kappa shape index (κ2) is 4.73. The van der Waals surface area contributed by atoms with Crippen molar-refractivity contribution in [2.45, 2.75) is 18.8 Å². The summed E-state index contributed by atoms with van der Waals surface area (Å²) in [6, 6.07) is 2.13. The fourth-order valence-corrected chi connectivity index (χ4v) is 2.92. The zero-order chi connectivity index (χ0) is 12.4. The lowest BCUT2D eigenvalue weighted by Gasteiger charge is -2.13. The Labute approximate surface area is 108 Å². The van der Waals surface area contributed by atoms with E-state index in [9.17, 15) is 4.79 Å². The smallest absolute Gasteiger partial charge is 0.241 e. The molecule has 2 aromatic heterocycles. The molecule has 5 nitrogen and oxygen atoms in total. The maximum absolute atomic E-state index is 11.3. The van der Waals surface area contributed by atoms with E-state index in [4.69, 9.17) is 0 Å². The number of nitrogens with zero attached hydrogens (tertiary/aromatic N) is 2. The Morgan fingerprint density at radius 1 is 1.50 bits per heavy atom. The summed E-state index contributed by atoms with van der Waals surface area (Å²) in [4.78, 5) is 19.7. The summed E-state index contributed by atoms with van der Waals surface area (Å²) in [5.74, 6) is 1.03. The number of aromatic nitrogens is 2. The van der Waals surface area contributed by atoms with Gasteiger partial charge in [0.15, 0.2) is 0 Å². The van der Waals surface area contributed by atoms with E-state index in [0.717, 1.165) is 12.2 Å². The van der Waals surface area contributed by atoms with Gasteiger partial charge in [-0.25, -0.2) is 10.4 Å². The zero-order valence-corrected chi connectivity index (χ0v) is 10.4. The van der Waals surface area contributed by atoms with Crippen molar-refractivity contribution in [2.24, 2.45) is 5.10 Å². The number of nitrogens with one attached hydrogen (secondary N) is 2. The fourth-order valence-electron chi connectivity index (χ4n) is 1.94. The molecule has 0 spiro atoms. The van der Waals surface area contributed by atoms with Crippen molar-refractivity contribution in [1.29, 1.82) is 0 Å². The molecule has 18 heavy (non-hydrogen) atoms. The van der Waals surface area contributed by atoms with Crippen molar-refractivity contribution < 1.29 is 4.79 Å². The minimum atomic E-state index is -0.0246. The van der Waals surface area contributed by atoms with Gasteiger partial charge in [-0.3, -0.25) is 4.79 Å². The highest BCUT2D eigenvalue weighted by Gasteiger charge is 2.19. The van der Waals surface area contributed by atoms with Gasteiger partial charge in [0.05, 0.1) is 0 Å². The van der Waals surface area contributed by atoms with E-state index in [2.05, 4.69) is 31.9 Å². The third kappa shape index (κ3) is 2.33. The molecule has 0 aliphatic carbocycles. The maximum atomic E-state index is 11.3. The molecular weight excluding hydrogens is 248 g/mol. The molecule has 2 N–H and O–H groups in total. The number of amides is 1. The number of aromatic amines is 1. The number of rotatable bonds is 3. The van der Waals surface area contributed by atoms with Gasteiger partial charge < -0.3 is 4.98 Å². The first-order chi connectivity index (χ1) is 8.81. The van der Waals surface area contributed by atoms with Crippen LogP contribution in [0.15, 0.2) is 28.9 Å². The van der Waals surface area contributed by atoms with Crippen molar-refractivity contribution >= 4 is 23.5 Å². The average Bonchev–Trinajstić information content (AvgIpc) is 3.01. The largest absolute Gasteiger partial charge is 0.348 e. The number of hydrogen-bond acceptors (Lipinski definition) is 4. The molecule has 1 aliphatic heterocycles. The van der Waals surface area contributed by atoms with Crippen LogP contribution in [0, 0.1) is 0 Å². The highest BCUT2D eigenvalue weighted by atomic mass is 32.1. The molecule has 0 bridgehead atoms. The number of carbonyl (C=O) groups is 1. The van der Waals surface area contributed by atoms with Gasteiger partial charge in [-0.2, -0.15) is 5.10 Å². The Bertz CT molecular complexity index is 573. The summed E-state index contributed by atoms with van der Waals surface area (Å²) in [7, 11) is 0. The Morgan fingerprint density at radius 3 is 3.22 bits per heavy atom. The van der Waals surface area contributed by atoms with Gasteiger partial charge >= 0.3 is 0 Å². The fraction of sp³-hybridized carbons (Fsp3) is 0.250. The topological polar surface area (TPSA) is 70.1 Å². The second-order valence-corrected chi connectivity index (χ2v) is 5.14. The predicted octanol–water partition coefficient (Wildman–Crippen LogP) is 1.65. The first-order valence-corrected chi connectivity index (χ1v) is 6.57. The van der Waals surface area contributed by atoms with Crippen molar-refractivity contribution in [3.05, 3.63) is 40.1 Å². The van der Waals surface area contributed by atoms with Crippen LogP contribution in [0.3, 0.4) is 0 Å². The van der Waals surface area contributed by atoms with E-state index in [1.165, 1.54) is 10.4 Å². The third-order valence-corrected chi connectivity index (χ3v) is 3.93. The molecule has 1 aliphatic rings. The van der Waals surface area contributed by atoms with Crippen LogP contribution in [-0.2, 0) is 11.2 Å². The highest BCUT2D eigenvalue weighted by Crippen LogP contribution is 2.27. The van der Waals surface area contributed by atoms with E-state index in [1.54, 1.807) is 23.7 Å². The van der Waals surface area contributed by atoms with Gasteiger partial charge in [0, 0.05) is 42.2 Å². The molecular formula is C12H12N4OS. The van der Waals surface area contributed by atoms with E-state index in [1.807, 2.05) is 6.20 Å². The van der Waals surface area contributed by atoms with Crippen molar-refractivity contribution in [1.82, 2.24) is 15.4 Å². The summed E-state index contributed by atoms with van der Waals surface area (Å²) in [6.45, 7) is 0. The first kappa shape index (κ1) is 11.2. The molecule has 6 heteroatoms. The van der Waals surface area contributed by atoms with Crippen LogP contribution in [0.2, 0.25) is 0 Å². The van der Waals surface area contributed by atoms with Gasteiger partial charge in [0.1, 0.15) is 5.82 Å². The lowest BCUT2D eigenvalue weighted by molar-refractivity contribution is -0.121. The monoisotopic (exact) mass is 260 g/mol. The number of hydrogen-bond donors (Lipinski definition) is 2. The lowest BCUT2D eigenvalue weighted by Crippen LogP contribution is -2.25. The summed E-state index contributed by atoms with van der Waals surface area (Å²) >= 11 is 1.67. The zero-order valence-electron chi connectivity index (χ0n) is 9.59. The Balaban J connectivity index is 1.75. The van der Waals surface area contributed by atoms with Gasteiger partial charge in [0.25, 0.3) is 0 Å². The van der Waals surface area contributed by atoms with E-state index in [0.29, 0.717) is 6.42 Å². The molecule has 2 aromatic rings. The molecule has 0 saturated carbocycles. The molecule has 0 aromatic carbocycles. The van der Waals surface area contributed by atoms with Crippen LogP contribution in [0.5, 0.6) is 0 Å². The van der Waals surface area contributed by atoms with E-state index >= 15 is 0 Å². The second-order valence-electron chi connectivity index (χ2n) is 4.19. The number of hydrazone groups is 1. The van der Waals surface area contributed by atoms with Crippen molar-refractivity contribution in [3.8, 4) is 0 Å². The van der Waals surface area contributed by atoms with Crippen molar-refractivity contribution in [2.75, 3.05) is 0 Å². The Hall–Kier alpha value is -1.95. The summed E-state index contributed by atoms with van der Waals surface area (Å²) in [5, 5.41) is 5.97. The van der Waals surface area contributed by atoms with Crippen LogP contribution in [-0.4, -0.2) is 22.1 Å². The number of thiophene rings is 1. The van der Waals surface area contributed by atoms with Crippen LogP contribution in [0.1, 0.15) is 28.6 Å².